The van der Waals surface area contributed by atoms with Gasteiger partial charge in [0, 0.05) is 12.5 Å². The summed E-state index contributed by atoms with van der Waals surface area (Å²) in [5.41, 5.74) is 2.35. The molecule has 1 heterocycles. The Bertz CT molecular complexity index is 825. The van der Waals surface area contributed by atoms with Crippen LogP contribution in [-0.4, -0.2) is 23.3 Å². The van der Waals surface area contributed by atoms with E-state index in [1.807, 2.05) is 24.3 Å². The normalized spacial score (nSPS) is 13.5. The summed E-state index contributed by atoms with van der Waals surface area (Å²) in [4.78, 5) is 4.84. The van der Waals surface area contributed by atoms with Crippen LogP contribution in [0.3, 0.4) is 0 Å². The van der Waals surface area contributed by atoms with Crippen LogP contribution < -0.4 is 9.47 Å². The van der Waals surface area contributed by atoms with Gasteiger partial charge in [-0.05, 0) is 55.7 Å². The fourth-order valence-corrected chi connectivity index (χ4v) is 3.07. The number of hydrogen-bond donors (Lipinski definition) is 0. The Labute approximate surface area is 154 Å². The van der Waals surface area contributed by atoms with Crippen molar-refractivity contribution in [3.8, 4) is 11.5 Å². The first-order valence-electron chi connectivity index (χ1n) is 8.57. The van der Waals surface area contributed by atoms with Crippen LogP contribution in [0.25, 0.3) is 11.0 Å². The third-order valence-electron chi connectivity index (χ3n) is 4.48. The smallest absolute Gasteiger partial charge is 0.119 e. The Morgan fingerprint density at radius 3 is 2.48 bits per heavy atom. The highest BCUT2D eigenvalue weighted by Gasteiger charge is 2.29. The Hall–Kier alpha value is -2.20. The Morgan fingerprint density at radius 1 is 1.04 bits per heavy atom. The van der Waals surface area contributed by atoms with Gasteiger partial charge in [0.2, 0.25) is 0 Å². The highest BCUT2D eigenvalue weighted by atomic mass is 35.5. The van der Waals surface area contributed by atoms with Crippen molar-refractivity contribution in [2.24, 2.45) is 0 Å². The average molecular weight is 359 g/mol. The molecule has 0 N–H and O–H groups in total. The van der Waals surface area contributed by atoms with Crippen molar-refractivity contribution in [1.29, 1.82) is 0 Å². The molecule has 0 aliphatic heterocycles. The number of rotatable bonds is 7. The molecule has 1 aromatic heterocycles. The van der Waals surface area contributed by atoms with E-state index in [0.29, 0.717) is 12.5 Å². The molecule has 5 heteroatoms. The third kappa shape index (κ3) is 3.90. The van der Waals surface area contributed by atoms with Gasteiger partial charge in [0.25, 0.3) is 0 Å². The average Bonchev–Trinajstić information content (AvgIpc) is 3.41. The van der Waals surface area contributed by atoms with Crippen molar-refractivity contribution < 1.29 is 9.47 Å². The number of nitrogens with zero attached hydrogens (tertiary/aromatic N) is 2. The van der Waals surface area contributed by atoms with Gasteiger partial charge < -0.3 is 14.0 Å². The molecule has 1 aliphatic carbocycles. The number of para-hydroxylation sites is 2. The summed E-state index contributed by atoms with van der Waals surface area (Å²) in [7, 11) is 1.67. The first-order chi connectivity index (χ1) is 11.8. The lowest BCUT2D eigenvalue weighted by Gasteiger charge is -2.10. The van der Waals surface area contributed by atoms with Gasteiger partial charge in [-0.25, -0.2) is 4.98 Å². The number of benzene rings is 2. The summed E-state index contributed by atoms with van der Waals surface area (Å²) < 4.78 is 13.4. The second-order valence-electron chi connectivity index (χ2n) is 6.26. The summed E-state index contributed by atoms with van der Waals surface area (Å²) >= 11 is 0. The quantitative estimate of drug-likeness (QED) is 0.568. The zero-order valence-electron chi connectivity index (χ0n) is 14.4. The lowest BCUT2D eigenvalue weighted by molar-refractivity contribution is 0.301. The van der Waals surface area contributed by atoms with Gasteiger partial charge >= 0.3 is 0 Å². The number of halogens is 1. The van der Waals surface area contributed by atoms with Crippen molar-refractivity contribution in [2.45, 2.75) is 31.7 Å². The van der Waals surface area contributed by atoms with E-state index in [1.54, 1.807) is 7.11 Å². The summed E-state index contributed by atoms with van der Waals surface area (Å²) in [6.07, 6.45) is 3.50. The van der Waals surface area contributed by atoms with Crippen LogP contribution in [0, 0.1) is 0 Å². The van der Waals surface area contributed by atoms with Gasteiger partial charge in [0.05, 0.1) is 24.8 Å². The van der Waals surface area contributed by atoms with Gasteiger partial charge in [-0.1, -0.05) is 12.1 Å². The Balaban J connectivity index is 0.00000182. The molecule has 25 heavy (non-hydrogen) atoms. The lowest BCUT2D eigenvalue weighted by Crippen LogP contribution is -2.07. The zero-order chi connectivity index (χ0) is 16.4. The minimum absolute atomic E-state index is 0. The molecule has 0 saturated heterocycles. The van der Waals surface area contributed by atoms with Crippen molar-refractivity contribution in [1.82, 2.24) is 9.55 Å². The minimum atomic E-state index is 0. The lowest BCUT2D eigenvalue weighted by atomic mass is 10.3. The monoisotopic (exact) mass is 358 g/mol. The maximum absolute atomic E-state index is 5.84. The highest BCUT2D eigenvalue weighted by Crippen LogP contribution is 2.40. The standard InChI is InChI=1S/C20H22N2O2.ClH/c1-23-16-9-11-17(12-10-16)24-14-4-13-22-19-6-3-2-5-18(19)21-20(22)15-7-8-15;/h2-3,5-6,9-12,15H,4,7-8,13-14H2,1H3;1H. The van der Waals surface area contributed by atoms with Crippen LogP contribution >= 0.6 is 12.4 Å². The second kappa shape index (κ2) is 7.79. The van der Waals surface area contributed by atoms with Crippen LogP contribution in [0.2, 0.25) is 0 Å². The highest BCUT2D eigenvalue weighted by molar-refractivity contribution is 5.85. The first-order valence-corrected chi connectivity index (χ1v) is 8.57. The number of aromatic nitrogens is 2. The van der Waals surface area contributed by atoms with E-state index in [9.17, 15) is 0 Å². The van der Waals surface area contributed by atoms with Crippen LogP contribution in [0.15, 0.2) is 48.5 Å². The van der Waals surface area contributed by atoms with Gasteiger partial charge in [0.1, 0.15) is 17.3 Å². The molecule has 132 valence electrons. The molecule has 4 nitrogen and oxygen atoms in total. The van der Waals surface area contributed by atoms with Crippen LogP contribution in [0.4, 0.5) is 0 Å². The molecule has 0 spiro atoms. The van der Waals surface area contributed by atoms with Gasteiger partial charge in [-0.2, -0.15) is 0 Å². The molecule has 0 bridgehead atoms. The number of ether oxygens (including phenoxy) is 2. The van der Waals surface area contributed by atoms with E-state index in [1.165, 1.54) is 24.2 Å². The van der Waals surface area contributed by atoms with Crippen molar-refractivity contribution in [3.63, 3.8) is 0 Å². The van der Waals surface area contributed by atoms with Crippen molar-refractivity contribution in [3.05, 3.63) is 54.4 Å². The minimum Gasteiger partial charge on any atom is -0.497 e. The van der Waals surface area contributed by atoms with Gasteiger partial charge in [0.15, 0.2) is 0 Å². The summed E-state index contributed by atoms with van der Waals surface area (Å²) in [6, 6.07) is 16.1. The van der Waals surface area contributed by atoms with Crippen molar-refractivity contribution in [2.75, 3.05) is 13.7 Å². The van der Waals surface area contributed by atoms with E-state index < -0.39 is 0 Å². The molecular formula is C20H23ClN2O2. The molecule has 2 aromatic carbocycles. The molecule has 0 atom stereocenters. The Morgan fingerprint density at radius 2 is 1.76 bits per heavy atom. The van der Waals surface area contributed by atoms with E-state index in [2.05, 4.69) is 28.8 Å². The predicted octanol–water partition coefficient (Wildman–Crippen LogP) is 4.81. The van der Waals surface area contributed by atoms with Gasteiger partial charge in [-0.3, -0.25) is 0 Å². The predicted molar refractivity (Wildman–Crippen MR) is 102 cm³/mol. The van der Waals surface area contributed by atoms with E-state index in [0.717, 1.165) is 30.0 Å². The zero-order valence-corrected chi connectivity index (χ0v) is 15.2. The molecule has 3 aromatic rings. The molecule has 0 radical (unpaired) electrons. The number of aryl methyl sites for hydroxylation is 1. The topological polar surface area (TPSA) is 36.3 Å². The maximum atomic E-state index is 5.84. The number of fused-ring (bicyclic) bond motifs is 1. The molecule has 1 fully saturated rings. The SMILES string of the molecule is COc1ccc(OCCCn2c(C3CC3)nc3ccccc32)cc1.Cl. The molecule has 0 amide bonds. The maximum Gasteiger partial charge on any atom is 0.119 e. The molecule has 1 aliphatic rings. The fourth-order valence-electron chi connectivity index (χ4n) is 3.07. The summed E-state index contributed by atoms with van der Waals surface area (Å²) in [5, 5.41) is 0. The van der Waals surface area contributed by atoms with Crippen LogP contribution in [-0.2, 0) is 6.54 Å². The molecular weight excluding hydrogens is 336 g/mol. The fraction of sp³-hybridized carbons (Fsp3) is 0.350. The van der Waals surface area contributed by atoms with E-state index in [-0.39, 0.29) is 12.4 Å². The number of methoxy groups -OCH3 is 1. The summed E-state index contributed by atoms with van der Waals surface area (Å²) in [6.45, 7) is 1.64. The molecule has 0 unspecified atom stereocenters. The molecule has 1 saturated carbocycles. The van der Waals surface area contributed by atoms with Crippen LogP contribution in [0.5, 0.6) is 11.5 Å². The van der Waals surface area contributed by atoms with E-state index >= 15 is 0 Å². The first kappa shape index (κ1) is 17.6. The third-order valence-corrected chi connectivity index (χ3v) is 4.48. The van der Waals surface area contributed by atoms with Crippen LogP contribution in [0.1, 0.15) is 31.0 Å². The van der Waals surface area contributed by atoms with Gasteiger partial charge in [-0.15, -0.1) is 12.4 Å². The number of hydrogen-bond acceptors (Lipinski definition) is 3. The van der Waals surface area contributed by atoms with Crippen molar-refractivity contribution >= 4 is 23.4 Å². The molecule has 4 rings (SSSR count). The van der Waals surface area contributed by atoms with E-state index in [4.69, 9.17) is 14.5 Å². The summed E-state index contributed by atoms with van der Waals surface area (Å²) in [5.74, 6) is 3.63. The second-order valence-corrected chi connectivity index (χ2v) is 6.26. The number of imidazole rings is 1. The largest absolute Gasteiger partial charge is 0.497 e. The Kier molecular flexibility index (Phi) is 5.49.